The van der Waals surface area contributed by atoms with Crippen LogP contribution in [0.4, 0.5) is 8.78 Å². The van der Waals surface area contributed by atoms with E-state index in [0.29, 0.717) is 17.3 Å². The first kappa shape index (κ1) is 14.8. The molecule has 2 unspecified atom stereocenters. The molecular formula is C16H19ClF2N2. The first-order valence-corrected chi connectivity index (χ1v) is 8.09. The molecule has 5 heteroatoms. The van der Waals surface area contributed by atoms with E-state index in [0.717, 1.165) is 31.7 Å². The summed E-state index contributed by atoms with van der Waals surface area (Å²) in [5.74, 6) is -0.148. The molecule has 0 N–H and O–H groups in total. The normalized spacial score (nSPS) is 22.9. The maximum Gasteiger partial charge on any atom is 0.184 e. The molecule has 1 aromatic heterocycles. The molecule has 0 saturated heterocycles. The summed E-state index contributed by atoms with van der Waals surface area (Å²) in [6.07, 6.45) is 5.41. The Morgan fingerprint density at radius 1 is 1.33 bits per heavy atom. The Morgan fingerprint density at radius 2 is 2.14 bits per heavy atom. The van der Waals surface area contributed by atoms with Crippen molar-refractivity contribution >= 4 is 22.6 Å². The lowest BCUT2D eigenvalue weighted by atomic mass is 9.84. The number of fused-ring (bicyclic) bond motifs is 1. The Labute approximate surface area is 128 Å². The molecule has 0 radical (unpaired) electrons. The van der Waals surface area contributed by atoms with Crippen molar-refractivity contribution < 1.29 is 8.78 Å². The van der Waals surface area contributed by atoms with E-state index in [1.54, 1.807) is 0 Å². The van der Waals surface area contributed by atoms with Crippen molar-refractivity contribution in [3.63, 3.8) is 0 Å². The fourth-order valence-corrected chi connectivity index (χ4v) is 3.72. The third-order valence-corrected chi connectivity index (χ3v) is 4.87. The second-order valence-corrected chi connectivity index (χ2v) is 6.12. The van der Waals surface area contributed by atoms with E-state index >= 15 is 0 Å². The maximum absolute atomic E-state index is 14.3. The minimum absolute atomic E-state index is 0.166. The van der Waals surface area contributed by atoms with Gasteiger partial charge in [0, 0.05) is 6.04 Å². The molecule has 21 heavy (non-hydrogen) atoms. The summed E-state index contributed by atoms with van der Waals surface area (Å²) in [4.78, 5) is 4.38. The highest BCUT2D eigenvalue weighted by atomic mass is 35.5. The molecule has 3 rings (SSSR count). The van der Waals surface area contributed by atoms with Crippen molar-refractivity contribution in [2.24, 2.45) is 5.92 Å². The summed E-state index contributed by atoms with van der Waals surface area (Å²) in [6, 6.07) is 2.82. The van der Waals surface area contributed by atoms with Crippen molar-refractivity contribution in [3.05, 3.63) is 29.6 Å². The topological polar surface area (TPSA) is 17.8 Å². The highest BCUT2D eigenvalue weighted by molar-refractivity contribution is 6.16. The first-order valence-electron chi connectivity index (χ1n) is 7.56. The third-order valence-electron chi connectivity index (χ3n) is 4.63. The predicted molar refractivity (Wildman–Crippen MR) is 80.5 cm³/mol. The van der Waals surface area contributed by atoms with Gasteiger partial charge in [-0.3, -0.25) is 0 Å². The van der Waals surface area contributed by atoms with E-state index < -0.39 is 11.6 Å². The number of hydrogen-bond acceptors (Lipinski definition) is 1. The van der Waals surface area contributed by atoms with Crippen molar-refractivity contribution in [3.8, 4) is 0 Å². The fourth-order valence-electron chi connectivity index (χ4n) is 3.53. The zero-order valence-electron chi connectivity index (χ0n) is 12.1. The van der Waals surface area contributed by atoms with Gasteiger partial charge in [0.05, 0.1) is 11.4 Å². The van der Waals surface area contributed by atoms with Crippen LogP contribution in [0.2, 0.25) is 0 Å². The Morgan fingerprint density at radius 3 is 2.86 bits per heavy atom. The van der Waals surface area contributed by atoms with Gasteiger partial charge in [-0.15, -0.1) is 11.6 Å². The van der Waals surface area contributed by atoms with Crippen LogP contribution in [0.5, 0.6) is 0 Å². The van der Waals surface area contributed by atoms with Crippen LogP contribution in [0.1, 0.15) is 50.9 Å². The Bertz CT molecular complexity index is 653. The van der Waals surface area contributed by atoms with Crippen LogP contribution in [0, 0.1) is 17.6 Å². The number of hydrogen-bond donors (Lipinski definition) is 0. The van der Waals surface area contributed by atoms with Gasteiger partial charge in [-0.2, -0.15) is 0 Å². The second-order valence-electron chi connectivity index (χ2n) is 5.86. The van der Waals surface area contributed by atoms with E-state index in [1.165, 1.54) is 12.5 Å². The van der Waals surface area contributed by atoms with Crippen LogP contribution in [-0.4, -0.2) is 9.55 Å². The third kappa shape index (κ3) is 2.54. The molecule has 1 aliphatic rings. The summed E-state index contributed by atoms with van der Waals surface area (Å²) >= 11 is 5.99. The molecule has 0 amide bonds. The van der Waals surface area contributed by atoms with Crippen LogP contribution in [0.15, 0.2) is 12.1 Å². The second kappa shape index (κ2) is 5.91. The molecule has 1 heterocycles. The summed E-state index contributed by atoms with van der Waals surface area (Å²) in [5.41, 5.74) is 0.760. The standard InChI is InChI=1S/C16H19ClF2N2/c1-2-10-4-3-5-11(8-10)21-14(9-17)20-13-7-6-12(18)15(19)16(13)21/h6-7,10-11H,2-5,8-9H2,1H3. The minimum Gasteiger partial charge on any atom is -0.321 e. The lowest BCUT2D eigenvalue weighted by Gasteiger charge is -2.30. The van der Waals surface area contributed by atoms with Gasteiger partial charge >= 0.3 is 0 Å². The lowest BCUT2D eigenvalue weighted by Crippen LogP contribution is -2.20. The molecule has 114 valence electrons. The summed E-state index contributed by atoms with van der Waals surface area (Å²) in [5, 5.41) is 0. The zero-order chi connectivity index (χ0) is 15.0. The van der Waals surface area contributed by atoms with Gasteiger partial charge in [0.25, 0.3) is 0 Å². The molecule has 0 bridgehead atoms. The van der Waals surface area contributed by atoms with Gasteiger partial charge in [-0.25, -0.2) is 13.8 Å². The number of rotatable bonds is 3. The van der Waals surface area contributed by atoms with E-state index in [4.69, 9.17) is 11.6 Å². The Balaban J connectivity index is 2.13. The SMILES string of the molecule is CCC1CCCC(n2c(CCl)nc3ccc(F)c(F)c32)C1. The summed E-state index contributed by atoms with van der Waals surface area (Å²) in [7, 11) is 0. The summed E-state index contributed by atoms with van der Waals surface area (Å²) < 4.78 is 29.7. The van der Waals surface area contributed by atoms with E-state index in [1.807, 2.05) is 4.57 Å². The molecule has 1 fully saturated rings. The zero-order valence-corrected chi connectivity index (χ0v) is 12.8. The number of benzene rings is 1. The van der Waals surface area contributed by atoms with E-state index in [9.17, 15) is 8.78 Å². The highest BCUT2D eigenvalue weighted by Crippen LogP contribution is 2.38. The van der Waals surface area contributed by atoms with Gasteiger partial charge in [-0.1, -0.05) is 26.2 Å². The van der Waals surface area contributed by atoms with Crippen LogP contribution >= 0.6 is 11.6 Å². The van der Waals surface area contributed by atoms with Crippen LogP contribution < -0.4 is 0 Å². The molecule has 1 saturated carbocycles. The molecule has 1 aliphatic carbocycles. The number of aromatic nitrogens is 2. The fraction of sp³-hybridized carbons (Fsp3) is 0.562. The van der Waals surface area contributed by atoms with Gasteiger partial charge in [-0.05, 0) is 30.9 Å². The first-order chi connectivity index (χ1) is 10.2. The molecule has 2 aromatic rings. The van der Waals surface area contributed by atoms with Gasteiger partial charge in [0.15, 0.2) is 11.6 Å². The van der Waals surface area contributed by atoms with Crippen LogP contribution in [-0.2, 0) is 5.88 Å². The van der Waals surface area contributed by atoms with Gasteiger partial charge in [0.1, 0.15) is 11.3 Å². The number of imidazole rings is 1. The van der Waals surface area contributed by atoms with Gasteiger partial charge in [0.2, 0.25) is 0 Å². The molecular weight excluding hydrogens is 294 g/mol. The van der Waals surface area contributed by atoms with Crippen LogP contribution in [0.3, 0.4) is 0 Å². The number of alkyl halides is 1. The van der Waals surface area contributed by atoms with Crippen molar-refractivity contribution in [2.45, 2.75) is 50.9 Å². The largest absolute Gasteiger partial charge is 0.321 e. The lowest BCUT2D eigenvalue weighted by molar-refractivity contribution is 0.261. The average Bonchev–Trinajstić information content (AvgIpc) is 2.90. The molecule has 2 atom stereocenters. The quantitative estimate of drug-likeness (QED) is 0.713. The minimum atomic E-state index is -0.826. The van der Waals surface area contributed by atoms with Crippen molar-refractivity contribution in [1.82, 2.24) is 9.55 Å². The van der Waals surface area contributed by atoms with E-state index in [2.05, 4.69) is 11.9 Å². The Hall–Kier alpha value is -1.16. The highest BCUT2D eigenvalue weighted by Gasteiger charge is 2.27. The van der Waals surface area contributed by atoms with Gasteiger partial charge < -0.3 is 4.57 Å². The molecule has 2 nitrogen and oxygen atoms in total. The monoisotopic (exact) mass is 312 g/mol. The number of halogens is 3. The van der Waals surface area contributed by atoms with Crippen LogP contribution in [0.25, 0.3) is 11.0 Å². The maximum atomic E-state index is 14.3. The van der Waals surface area contributed by atoms with Crippen molar-refractivity contribution in [1.29, 1.82) is 0 Å². The summed E-state index contributed by atoms with van der Waals surface area (Å²) in [6.45, 7) is 2.18. The van der Waals surface area contributed by atoms with Crippen molar-refractivity contribution in [2.75, 3.05) is 0 Å². The Kier molecular flexibility index (Phi) is 4.16. The average molecular weight is 313 g/mol. The molecule has 0 aliphatic heterocycles. The predicted octanol–water partition coefficient (Wildman–Crippen LogP) is 5.19. The molecule has 0 spiro atoms. The number of nitrogens with zero attached hydrogens (tertiary/aromatic N) is 2. The molecule has 1 aromatic carbocycles. The smallest absolute Gasteiger partial charge is 0.184 e. The van der Waals surface area contributed by atoms with E-state index in [-0.39, 0.29) is 17.4 Å².